The topological polar surface area (TPSA) is 98.3 Å². The van der Waals surface area contributed by atoms with Gasteiger partial charge in [-0.3, -0.25) is 9.59 Å². The second-order valence-electron chi connectivity index (χ2n) is 9.04. The predicted octanol–water partition coefficient (Wildman–Crippen LogP) is 2.52. The van der Waals surface area contributed by atoms with Crippen molar-refractivity contribution in [1.29, 1.82) is 0 Å². The van der Waals surface area contributed by atoms with Crippen LogP contribution in [0.25, 0.3) is 0 Å². The van der Waals surface area contributed by atoms with Crippen LogP contribution in [0.1, 0.15) is 42.0 Å². The van der Waals surface area contributed by atoms with Gasteiger partial charge in [-0.05, 0) is 32.0 Å². The van der Waals surface area contributed by atoms with Crippen LogP contribution < -0.4 is 10.5 Å². The number of carbonyl (C=O) groups excluding carboxylic acids is 1. The molecular weight excluding hydrogens is 508 g/mol. The third kappa shape index (κ3) is 6.56. The SMILES string of the molecule is O=C(CCN1CCC(c2cc(C(F)(F)F)c(=O)[nH]n2)CC1)N1CCN(c2ncc(C(F)(F)F)cn2)CC1. The van der Waals surface area contributed by atoms with Crippen LogP contribution in [-0.4, -0.2) is 81.7 Å². The molecule has 4 heterocycles. The number of halogens is 6. The highest BCUT2D eigenvalue weighted by molar-refractivity contribution is 5.76. The van der Waals surface area contributed by atoms with Crippen molar-refractivity contribution in [3.63, 3.8) is 0 Å². The first-order valence-corrected chi connectivity index (χ1v) is 11.7. The van der Waals surface area contributed by atoms with Crippen molar-refractivity contribution < 1.29 is 31.1 Å². The molecule has 0 unspecified atom stereocenters. The molecule has 1 amide bonds. The number of amides is 1. The fraction of sp³-hybridized carbons (Fsp3) is 0.591. The van der Waals surface area contributed by atoms with Gasteiger partial charge < -0.3 is 14.7 Å². The highest BCUT2D eigenvalue weighted by Crippen LogP contribution is 2.31. The van der Waals surface area contributed by atoms with E-state index in [4.69, 9.17) is 0 Å². The number of hydrogen-bond donors (Lipinski definition) is 1. The van der Waals surface area contributed by atoms with E-state index in [9.17, 15) is 35.9 Å². The summed E-state index contributed by atoms with van der Waals surface area (Å²) >= 11 is 0. The van der Waals surface area contributed by atoms with Crippen LogP contribution in [0.4, 0.5) is 32.3 Å². The zero-order chi connectivity index (χ0) is 26.8. The third-order valence-electron chi connectivity index (χ3n) is 6.66. The van der Waals surface area contributed by atoms with E-state index in [0.29, 0.717) is 58.7 Å². The molecule has 202 valence electrons. The molecule has 0 spiro atoms. The van der Waals surface area contributed by atoms with Gasteiger partial charge in [-0.1, -0.05) is 0 Å². The number of nitrogens with one attached hydrogen (secondary N) is 1. The van der Waals surface area contributed by atoms with Crippen molar-refractivity contribution in [2.75, 3.05) is 50.7 Å². The van der Waals surface area contributed by atoms with Gasteiger partial charge in [0.15, 0.2) is 0 Å². The monoisotopic (exact) mass is 533 g/mol. The number of H-pyrrole nitrogens is 1. The second kappa shape index (κ2) is 10.6. The zero-order valence-corrected chi connectivity index (χ0v) is 19.6. The Morgan fingerprint density at radius 1 is 0.946 bits per heavy atom. The molecule has 9 nitrogen and oxygen atoms in total. The van der Waals surface area contributed by atoms with Crippen molar-refractivity contribution >= 4 is 11.9 Å². The molecule has 2 aromatic heterocycles. The molecule has 4 rings (SSSR count). The smallest absolute Gasteiger partial charge is 0.339 e. The lowest BCUT2D eigenvalue weighted by Gasteiger charge is -2.36. The fourth-order valence-corrected chi connectivity index (χ4v) is 4.49. The molecule has 0 saturated carbocycles. The van der Waals surface area contributed by atoms with Gasteiger partial charge in [0.25, 0.3) is 5.56 Å². The molecule has 2 aromatic rings. The summed E-state index contributed by atoms with van der Waals surface area (Å²) < 4.78 is 77.1. The minimum absolute atomic E-state index is 0.0489. The standard InChI is InChI=1S/C22H25F6N7O2/c23-21(24,25)15-12-29-20(30-13-15)35-9-7-34(8-10-35)18(36)3-6-33-4-1-14(2-5-33)17-11-16(22(26,27)28)19(37)32-31-17/h11-14H,1-10H2,(H,32,37). The quantitative estimate of drug-likeness (QED) is 0.590. The van der Waals surface area contributed by atoms with E-state index in [2.05, 4.69) is 20.0 Å². The highest BCUT2D eigenvalue weighted by atomic mass is 19.4. The number of carbonyl (C=O) groups is 1. The normalized spacial score (nSPS) is 18.3. The van der Waals surface area contributed by atoms with Crippen LogP contribution in [0.5, 0.6) is 0 Å². The van der Waals surface area contributed by atoms with E-state index in [-0.39, 0.29) is 29.9 Å². The summed E-state index contributed by atoms with van der Waals surface area (Å²) in [6.07, 6.45) is -6.39. The molecule has 2 fully saturated rings. The maximum Gasteiger partial charge on any atom is 0.421 e. The Labute approximate surface area is 207 Å². The lowest BCUT2D eigenvalue weighted by Crippen LogP contribution is -2.50. The number of aromatic amines is 1. The van der Waals surface area contributed by atoms with Gasteiger partial charge in [0.1, 0.15) is 5.56 Å². The van der Waals surface area contributed by atoms with Gasteiger partial charge in [0.05, 0.1) is 11.3 Å². The largest absolute Gasteiger partial charge is 0.421 e. The molecule has 2 saturated heterocycles. The molecule has 1 N–H and O–H groups in total. The number of piperidine rings is 1. The van der Waals surface area contributed by atoms with Gasteiger partial charge in [0, 0.05) is 57.5 Å². The lowest BCUT2D eigenvalue weighted by molar-refractivity contribution is -0.139. The van der Waals surface area contributed by atoms with Crippen LogP contribution in [0, 0.1) is 0 Å². The summed E-state index contributed by atoms with van der Waals surface area (Å²) in [7, 11) is 0. The van der Waals surface area contributed by atoms with Crippen LogP contribution in [0.3, 0.4) is 0 Å². The maximum atomic E-state index is 13.0. The van der Waals surface area contributed by atoms with Crippen molar-refractivity contribution in [2.45, 2.75) is 37.5 Å². The molecule has 37 heavy (non-hydrogen) atoms. The molecule has 15 heteroatoms. The van der Waals surface area contributed by atoms with E-state index < -0.39 is 29.0 Å². The summed E-state index contributed by atoms with van der Waals surface area (Å²) in [6, 6.07) is 0.818. The number of likely N-dealkylation sites (tertiary alicyclic amines) is 1. The van der Waals surface area contributed by atoms with E-state index in [1.54, 1.807) is 9.80 Å². The number of nitrogens with zero attached hydrogens (tertiary/aromatic N) is 6. The number of aromatic nitrogens is 4. The maximum absolute atomic E-state index is 13.0. The van der Waals surface area contributed by atoms with Crippen molar-refractivity contribution in [2.24, 2.45) is 0 Å². The minimum Gasteiger partial charge on any atom is -0.339 e. The van der Waals surface area contributed by atoms with E-state index >= 15 is 0 Å². The number of rotatable bonds is 5. The summed E-state index contributed by atoms with van der Waals surface area (Å²) in [4.78, 5) is 37.2. The number of alkyl halides is 6. The van der Waals surface area contributed by atoms with Crippen molar-refractivity contribution in [3.05, 3.63) is 45.6 Å². The molecule has 0 radical (unpaired) electrons. The molecule has 0 bridgehead atoms. The van der Waals surface area contributed by atoms with E-state index in [1.807, 2.05) is 5.10 Å². The van der Waals surface area contributed by atoms with Crippen molar-refractivity contribution in [3.8, 4) is 0 Å². The molecular formula is C22H25F6N7O2. The first kappa shape index (κ1) is 26.8. The van der Waals surface area contributed by atoms with Gasteiger partial charge in [-0.2, -0.15) is 31.4 Å². The van der Waals surface area contributed by atoms with Crippen LogP contribution >= 0.6 is 0 Å². The minimum atomic E-state index is -4.75. The van der Waals surface area contributed by atoms with Crippen molar-refractivity contribution in [1.82, 2.24) is 30.0 Å². The predicted molar refractivity (Wildman–Crippen MR) is 119 cm³/mol. The summed E-state index contributed by atoms with van der Waals surface area (Å²) in [6.45, 7) is 3.25. The molecule has 0 aromatic carbocycles. The first-order chi connectivity index (χ1) is 17.4. The average Bonchev–Trinajstić information content (AvgIpc) is 2.87. The molecule has 0 atom stereocenters. The average molecular weight is 533 g/mol. The first-order valence-electron chi connectivity index (χ1n) is 11.7. The zero-order valence-electron chi connectivity index (χ0n) is 19.6. The van der Waals surface area contributed by atoms with Crippen LogP contribution in [0.2, 0.25) is 0 Å². The second-order valence-corrected chi connectivity index (χ2v) is 9.04. The molecule has 2 aliphatic rings. The number of hydrogen-bond acceptors (Lipinski definition) is 7. The Balaban J connectivity index is 1.21. The van der Waals surface area contributed by atoms with Gasteiger partial charge in [0.2, 0.25) is 11.9 Å². The van der Waals surface area contributed by atoms with Gasteiger partial charge >= 0.3 is 12.4 Å². The number of piperazine rings is 1. The van der Waals surface area contributed by atoms with Gasteiger partial charge in [-0.25, -0.2) is 15.1 Å². The molecule has 2 aliphatic heterocycles. The summed E-state index contributed by atoms with van der Waals surface area (Å²) in [5, 5.41) is 5.74. The van der Waals surface area contributed by atoms with Gasteiger partial charge in [-0.15, -0.1) is 0 Å². The highest BCUT2D eigenvalue weighted by Gasteiger charge is 2.36. The third-order valence-corrected chi connectivity index (χ3v) is 6.66. The Hall–Kier alpha value is -3.23. The Kier molecular flexibility index (Phi) is 7.71. The Morgan fingerprint density at radius 3 is 2.14 bits per heavy atom. The Bertz CT molecular complexity index is 1140. The summed E-state index contributed by atoms with van der Waals surface area (Å²) in [5.41, 5.74) is -3.23. The summed E-state index contributed by atoms with van der Waals surface area (Å²) in [5.74, 6) is -0.0834. The Morgan fingerprint density at radius 2 is 1.57 bits per heavy atom. The van der Waals surface area contributed by atoms with E-state index in [0.717, 1.165) is 18.5 Å². The van der Waals surface area contributed by atoms with E-state index in [1.165, 1.54) is 0 Å². The van der Waals surface area contributed by atoms with Crippen LogP contribution in [-0.2, 0) is 17.1 Å². The molecule has 0 aliphatic carbocycles. The fourth-order valence-electron chi connectivity index (χ4n) is 4.49. The van der Waals surface area contributed by atoms with Crippen LogP contribution in [0.15, 0.2) is 23.3 Å². The number of anilines is 1. The lowest BCUT2D eigenvalue weighted by atomic mass is 9.92.